The number of pyridine rings is 2. The number of nitrogens with zero attached hydrogens (tertiary/aromatic N) is 2. The third-order valence-electron chi connectivity index (χ3n) is 3.30. The maximum Gasteiger partial charge on any atom is 0.153 e. The highest BCUT2D eigenvalue weighted by Crippen LogP contribution is 2.31. The number of rotatable bonds is 1. The molecule has 0 saturated heterocycles. The van der Waals surface area contributed by atoms with Gasteiger partial charge in [0.2, 0.25) is 0 Å². The summed E-state index contributed by atoms with van der Waals surface area (Å²) in [5.41, 5.74) is 3.69. The van der Waals surface area contributed by atoms with E-state index in [-0.39, 0.29) is 0 Å². The fourth-order valence-corrected chi connectivity index (χ4v) is 2.57. The molecule has 96 valence electrons. The van der Waals surface area contributed by atoms with Gasteiger partial charge in [0.15, 0.2) is 5.58 Å². The summed E-state index contributed by atoms with van der Waals surface area (Å²) in [4.78, 5) is 8.52. The lowest BCUT2D eigenvalue weighted by atomic mass is 10.1. The van der Waals surface area contributed by atoms with E-state index in [9.17, 15) is 0 Å². The van der Waals surface area contributed by atoms with Crippen LogP contribution in [-0.2, 0) is 0 Å². The average Bonchev–Trinajstić information content (AvgIpc) is 2.86. The Morgan fingerprint density at radius 1 is 0.900 bits per heavy atom. The molecule has 0 amide bonds. The van der Waals surface area contributed by atoms with E-state index in [1.165, 1.54) is 0 Å². The highest BCUT2D eigenvalue weighted by molar-refractivity contribution is 9.10. The summed E-state index contributed by atoms with van der Waals surface area (Å²) < 4.78 is 6.75. The summed E-state index contributed by atoms with van der Waals surface area (Å²) in [5, 5.41) is 2.17. The molecule has 0 unspecified atom stereocenters. The zero-order valence-electron chi connectivity index (χ0n) is 10.4. The van der Waals surface area contributed by atoms with E-state index in [0.717, 1.165) is 37.7 Å². The SMILES string of the molecule is Brc1ccc(-c2ccc3oc4cnccc4c3c2)nc1. The van der Waals surface area contributed by atoms with Gasteiger partial charge in [-0.1, -0.05) is 0 Å². The lowest BCUT2D eigenvalue weighted by Crippen LogP contribution is -1.82. The number of halogens is 1. The summed E-state index contributed by atoms with van der Waals surface area (Å²) in [6.07, 6.45) is 5.33. The molecule has 0 atom stereocenters. The first-order valence-corrected chi connectivity index (χ1v) is 6.99. The van der Waals surface area contributed by atoms with Crippen LogP contribution in [0.4, 0.5) is 0 Å². The molecule has 4 aromatic rings. The third-order valence-corrected chi connectivity index (χ3v) is 3.77. The predicted octanol–water partition coefficient (Wildman–Crippen LogP) is 4.81. The van der Waals surface area contributed by atoms with E-state index in [4.69, 9.17) is 4.42 Å². The lowest BCUT2D eigenvalue weighted by Gasteiger charge is -2.01. The van der Waals surface area contributed by atoms with E-state index in [1.54, 1.807) is 18.6 Å². The number of hydrogen-bond donors (Lipinski definition) is 0. The minimum absolute atomic E-state index is 0.809. The van der Waals surface area contributed by atoms with Gasteiger partial charge in [0, 0.05) is 33.2 Å². The highest BCUT2D eigenvalue weighted by Gasteiger charge is 2.08. The average molecular weight is 325 g/mol. The van der Waals surface area contributed by atoms with Crippen LogP contribution in [0.5, 0.6) is 0 Å². The number of furan rings is 1. The molecule has 1 aromatic carbocycles. The first kappa shape index (κ1) is 11.6. The van der Waals surface area contributed by atoms with Gasteiger partial charge in [0.25, 0.3) is 0 Å². The van der Waals surface area contributed by atoms with Gasteiger partial charge in [-0.25, -0.2) is 0 Å². The van der Waals surface area contributed by atoms with Crippen LogP contribution in [-0.4, -0.2) is 9.97 Å². The van der Waals surface area contributed by atoms with E-state index >= 15 is 0 Å². The Labute approximate surface area is 123 Å². The van der Waals surface area contributed by atoms with Crippen molar-refractivity contribution in [1.82, 2.24) is 9.97 Å². The second-order valence-corrected chi connectivity index (χ2v) is 5.46. The van der Waals surface area contributed by atoms with Crippen LogP contribution in [0.15, 0.2) is 63.9 Å². The molecule has 0 saturated carbocycles. The second-order valence-electron chi connectivity index (χ2n) is 4.55. The van der Waals surface area contributed by atoms with E-state index in [1.807, 2.05) is 30.3 Å². The second kappa shape index (κ2) is 4.42. The van der Waals surface area contributed by atoms with Crippen molar-refractivity contribution in [3.8, 4) is 11.3 Å². The van der Waals surface area contributed by atoms with Gasteiger partial charge in [-0.15, -0.1) is 0 Å². The molecular formula is C16H9BrN2O. The Kier molecular flexibility index (Phi) is 2.57. The van der Waals surface area contributed by atoms with Crippen molar-refractivity contribution in [2.24, 2.45) is 0 Å². The van der Waals surface area contributed by atoms with Crippen molar-refractivity contribution in [3.05, 3.63) is 59.5 Å². The highest BCUT2D eigenvalue weighted by atomic mass is 79.9. The zero-order valence-corrected chi connectivity index (χ0v) is 12.0. The maximum atomic E-state index is 5.77. The quantitative estimate of drug-likeness (QED) is 0.504. The minimum atomic E-state index is 0.809. The first-order chi connectivity index (χ1) is 9.81. The minimum Gasteiger partial charge on any atom is -0.454 e. The van der Waals surface area contributed by atoms with Gasteiger partial charge in [-0.05, 0) is 52.3 Å². The van der Waals surface area contributed by atoms with Gasteiger partial charge in [0.05, 0.1) is 11.9 Å². The van der Waals surface area contributed by atoms with Crippen LogP contribution >= 0.6 is 15.9 Å². The molecule has 4 rings (SSSR count). The molecular weight excluding hydrogens is 316 g/mol. The van der Waals surface area contributed by atoms with Gasteiger partial charge < -0.3 is 4.42 Å². The van der Waals surface area contributed by atoms with Gasteiger partial charge in [-0.3, -0.25) is 9.97 Å². The summed E-state index contributed by atoms with van der Waals surface area (Å²) >= 11 is 3.40. The predicted molar refractivity (Wildman–Crippen MR) is 82.4 cm³/mol. The summed E-state index contributed by atoms with van der Waals surface area (Å²) in [5.74, 6) is 0. The molecule has 0 aliphatic carbocycles. The van der Waals surface area contributed by atoms with Crippen molar-refractivity contribution in [3.63, 3.8) is 0 Å². The molecule has 20 heavy (non-hydrogen) atoms. The maximum absolute atomic E-state index is 5.77. The number of benzene rings is 1. The fourth-order valence-electron chi connectivity index (χ4n) is 2.34. The zero-order chi connectivity index (χ0) is 13.5. The molecule has 3 aromatic heterocycles. The molecule has 0 bridgehead atoms. The van der Waals surface area contributed by atoms with E-state index in [0.29, 0.717) is 0 Å². The van der Waals surface area contributed by atoms with Crippen molar-refractivity contribution in [1.29, 1.82) is 0 Å². The van der Waals surface area contributed by atoms with Crippen LogP contribution in [0.3, 0.4) is 0 Å². The first-order valence-electron chi connectivity index (χ1n) is 6.19. The molecule has 3 nitrogen and oxygen atoms in total. The molecule has 3 heterocycles. The fraction of sp³-hybridized carbons (Fsp3) is 0. The normalized spacial score (nSPS) is 11.2. The van der Waals surface area contributed by atoms with Crippen LogP contribution in [0, 0.1) is 0 Å². The van der Waals surface area contributed by atoms with Gasteiger partial charge in [-0.2, -0.15) is 0 Å². The van der Waals surface area contributed by atoms with Crippen molar-refractivity contribution in [2.75, 3.05) is 0 Å². The monoisotopic (exact) mass is 324 g/mol. The number of hydrogen-bond acceptors (Lipinski definition) is 3. The van der Waals surface area contributed by atoms with Crippen LogP contribution in [0.2, 0.25) is 0 Å². The largest absolute Gasteiger partial charge is 0.454 e. The Morgan fingerprint density at radius 2 is 1.85 bits per heavy atom. The van der Waals surface area contributed by atoms with Crippen LogP contribution < -0.4 is 0 Å². The van der Waals surface area contributed by atoms with Gasteiger partial charge in [0.1, 0.15) is 5.58 Å². The molecule has 0 fully saturated rings. The third kappa shape index (κ3) is 1.80. The molecule has 0 N–H and O–H groups in total. The van der Waals surface area contributed by atoms with E-state index < -0.39 is 0 Å². The number of fused-ring (bicyclic) bond motifs is 3. The van der Waals surface area contributed by atoms with Crippen LogP contribution in [0.25, 0.3) is 33.2 Å². The summed E-state index contributed by atoms with van der Waals surface area (Å²) in [6.45, 7) is 0. The Morgan fingerprint density at radius 3 is 2.70 bits per heavy atom. The molecule has 0 aliphatic rings. The Hall–Kier alpha value is -2.20. The van der Waals surface area contributed by atoms with Crippen LogP contribution in [0.1, 0.15) is 0 Å². The topological polar surface area (TPSA) is 38.9 Å². The van der Waals surface area contributed by atoms with Crippen molar-refractivity contribution in [2.45, 2.75) is 0 Å². The smallest absolute Gasteiger partial charge is 0.153 e. The Balaban J connectivity index is 1.97. The van der Waals surface area contributed by atoms with Crippen molar-refractivity contribution >= 4 is 37.9 Å². The lowest BCUT2D eigenvalue weighted by molar-refractivity contribution is 0.667. The van der Waals surface area contributed by atoms with Crippen molar-refractivity contribution < 1.29 is 4.42 Å². The molecule has 4 heteroatoms. The van der Waals surface area contributed by atoms with E-state index in [2.05, 4.69) is 32.0 Å². The molecule has 0 spiro atoms. The number of aromatic nitrogens is 2. The summed E-state index contributed by atoms with van der Waals surface area (Å²) in [6, 6.07) is 12.1. The Bertz CT molecular complexity index is 913. The summed E-state index contributed by atoms with van der Waals surface area (Å²) in [7, 11) is 0. The standard InChI is InChI=1S/C16H9BrN2O/c17-11-2-3-14(19-8-11)10-1-4-15-13(7-10)12-5-6-18-9-16(12)20-15/h1-9H. The van der Waals surface area contributed by atoms with Gasteiger partial charge >= 0.3 is 0 Å². The molecule has 0 aliphatic heterocycles. The molecule has 0 radical (unpaired) electrons.